The first-order valence-electron chi connectivity index (χ1n) is 8.33. The van der Waals surface area contributed by atoms with Gasteiger partial charge in [0.1, 0.15) is 23.6 Å². The van der Waals surface area contributed by atoms with Gasteiger partial charge >= 0.3 is 6.03 Å². The van der Waals surface area contributed by atoms with Crippen LogP contribution in [0.25, 0.3) is 0 Å². The number of hydrogen-bond acceptors (Lipinski definition) is 4. The average Bonchev–Trinajstić information content (AvgIpc) is 3.16. The summed E-state index contributed by atoms with van der Waals surface area (Å²) in [6.45, 7) is 5.28. The molecule has 2 heterocycles. The van der Waals surface area contributed by atoms with E-state index in [0.29, 0.717) is 12.8 Å². The van der Waals surface area contributed by atoms with E-state index in [2.05, 4.69) is 10.6 Å². The summed E-state index contributed by atoms with van der Waals surface area (Å²) in [5.74, 6) is 0.892. The van der Waals surface area contributed by atoms with Gasteiger partial charge in [-0.3, -0.25) is 14.5 Å². The van der Waals surface area contributed by atoms with Gasteiger partial charge in [0.25, 0.3) is 5.91 Å². The lowest BCUT2D eigenvalue weighted by molar-refractivity contribution is -0.135. The highest BCUT2D eigenvalue weighted by Crippen LogP contribution is 2.34. The lowest BCUT2D eigenvalue weighted by Gasteiger charge is -2.20. The molecule has 1 saturated heterocycles. The largest absolute Gasteiger partial charge is 0.466 e. The van der Waals surface area contributed by atoms with E-state index in [1.165, 1.54) is 0 Å². The van der Waals surface area contributed by atoms with Crippen molar-refractivity contribution in [3.05, 3.63) is 23.2 Å². The molecule has 0 unspecified atom stereocenters. The third kappa shape index (κ3) is 2.79. The predicted octanol–water partition coefficient (Wildman–Crippen LogP) is 1.94. The van der Waals surface area contributed by atoms with Crippen LogP contribution in [0, 0.1) is 13.8 Å². The quantitative estimate of drug-likeness (QED) is 0.824. The maximum atomic E-state index is 12.5. The number of imide groups is 1. The van der Waals surface area contributed by atoms with Crippen molar-refractivity contribution in [1.29, 1.82) is 0 Å². The fraction of sp³-hybridized carbons (Fsp3) is 0.588. The molecule has 2 aliphatic rings. The van der Waals surface area contributed by atoms with E-state index in [9.17, 15) is 14.4 Å². The number of nitrogens with zero attached hydrogens (tertiary/aromatic N) is 1. The summed E-state index contributed by atoms with van der Waals surface area (Å²) in [7, 11) is 0. The zero-order valence-corrected chi connectivity index (χ0v) is 14.3. The first kappa shape index (κ1) is 16.5. The van der Waals surface area contributed by atoms with E-state index in [1.54, 1.807) is 0 Å². The summed E-state index contributed by atoms with van der Waals surface area (Å²) >= 11 is 0. The van der Waals surface area contributed by atoms with E-state index in [-0.39, 0.29) is 24.4 Å². The predicted molar refractivity (Wildman–Crippen MR) is 86.2 cm³/mol. The highest BCUT2D eigenvalue weighted by molar-refractivity contribution is 6.09. The number of urea groups is 1. The Bertz CT molecular complexity index is 688. The molecule has 1 aromatic heterocycles. The van der Waals surface area contributed by atoms with Crippen LogP contribution < -0.4 is 10.6 Å². The molecule has 7 nitrogen and oxygen atoms in total. The van der Waals surface area contributed by atoms with Gasteiger partial charge in [-0.05, 0) is 39.7 Å². The van der Waals surface area contributed by atoms with Gasteiger partial charge < -0.3 is 15.1 Å². The Balaban J connectivity index is 1.63. The van der Waals surface area contributed by atoms with Gasteiger partial charge in [0, 0.05) is 5.56 Å². The van der Waals surface area contributed by atoms with E-state index >= 15 is 0 Å². The van der Waals surface area contributed by atoms with Gasteiger partial charge in [-0.1, -0.05) is 12.8 Å². The summed E-state index contributed by atoms with van der Waals surface area (Å²) in [5.41, 5.74) is 0.117. The maximum absolute atomic E-state index is 12.5. The van der Waals surface area contributed by atoms with Crippen LogP contribution in [0.3, 0.4) is 0 Å². The number of nitrogens with one attached hydrogen (secondary N) is 2. The molecule has 2 fully saturated rings. The number of carbonyl (C=O) groups is 3. The topological polar surface area (TPSA) is 91.7 Å². The fourth-order valence-corrected chi connectivity index (χ4v) is 3.73. The zero-order valence-electron chi connectivity index (χ0n) is 14.3. The Labute approximate surface area is 140 Å². The minimum absolute atomic E-state index is 0.254. The van der Waals surface area contributed by atoms with Gasteiger partial charge in [-0.2, -0.15) is 0 Å². The van der Waals surface area contributed by atoms with Crippen molar-refractivity contribution >= 4 is 17.8 Å². The third-order valence-electron chi connectivity index (χ3n) is 4.93. The smallest absolute Gasteiger partial charge is 0.325 e. The Morgan fingerprint density at radius 1 is 1.38 bits per heavy atom. The number of hydrogen-bond donors (Lipinski definition) is 2. The van der Waals surface area contributed by atoms with Crippen LogP contribution in [0.5, 0.6) is 0 Å². The van der Waals surface area contributed by atoms with Crippen molar-refractivity contribution in [3.8, 4) is 0 Å². The summed E-state index contributed by atoms with van der Waals surface area (Å²) in [4.78, 5) is 37.9. The Kier molecular flexibility index (Phi) is 4.11. The molecule has 1 saturated carbocycles. The van der Waals surface area contributed by atoms with Gasteiger partial charge in [-0.25, -0.2) is 4.79 Å². The highest BCUT2D eigenvalue weighted by Gasteiger charge is 2.52. The molecule has 130 valence electrons. The van der Waals surface area contributed by atoms with Crippen LogP contribution in [-0.2, 0) is 9.59 Å². The van der Waals surface area contributed by atoms with Gasteiger partial charge in [-0.15, -0.1) is 0 Å². The molecule has 1 atom stereocenters. The second-order valence-corrected chi connectivity index (χ2v) is 6.77. The maximum Gasteiger partial charge on any atom is 0.325 e. The SMILES string of the molecule is Cc1cc([C@H](C)NC(=O)CN2C(=O)NC3(CCCC3)C2=O)c(C)o1. The molecule has 24 heavy (non-hydrogen) atoms. The van der Waals surface area contributed by atoms with Crippen molar-refractivity contribution in [2.45, 2.75) is 58.0 Å². The van der Waals surface area contributed by atoms with Crippen molar-refractivity contribution < 1.29 is 18.8 Å². The fourth-order valence-electron chi connectivity index (χ4n) is 3.73. The molecule has 2 N–H and O–H groups in total. The number of amides is 4. The summed E-state index contributed by atoms with van der Waals surface area (Å²) in [5, 5.41) is 5.60. The lowest BCUT2D eigenvalue weighted by Crippen LogP contribution is -2.45. The molecule has 7 heteroatoms. The summed E-state index contributed by atoms with van der Waals surface area (Å²) in [6, 6.07) is 1.15. The normalized spacial score (nSPS) is 20.5. The zero-order chi connectivity index (χ0) is 17.5. The van der Waals surface area contributed by atoms with E-state index in [0.717, 1.165) is 34.8 Å². The molecule has 3 rings (SSSR count). The molecule has 4 amide bonds. The summed E-state index contributed by atoms with van der Waals surface area (Å²) in [6.07, 6.45) is 3.14. The van der Waals surface area contributed by atoms with Gasteiger partial charge in [0.15, 0.2) is 0 Å². The monoisotopic (exact) mass is 333 g/mol. The molecular weight excluding hydrogens is 310 g/mol. The van der Waals surface area contributed by atoms with Crippen molar-refractivity contribution in [2.24, 2.45) is 0 Å². The highest BCUT2D eigenvalue weighted by atomic mass is 16.3. The van der Waals surface area contributed by atoms with Crippen LogP contribution in [0.4, 0.5) is 4.79 Å². The molecule has 1 aliphatic carbocycles. The third-order valence-corrected chi connectivity index (χ3v) is 4.93. The average molecular weight is 333 g/mol. The second kappa shape index (κ2) is 5.96. The van der Waals surface area contributed by atoms with Crippen molar-refractivity contribution in [3.63, 3.8) is 0 Å². The molecule has 0 aromatic carbocycles. The second-order valence-electron chi connectivity index (χ2n) is 6.77. The summed E-state index contributed by atoms with van der Waals surface area (Å²) < 4.78 is 5.47. The molecule has 1 aliphatic heterocycles. The first-order chi connectivity index (χ1) is 11.3. The number of carbonyl (C=O) groups excluding carboxylic acids is 3. The van der Waals surface area contributed by atoms with Crippen LogP contribution in [-0.4, -0.2) is 34.8 Å². The standard InChI is InChI=1S/C17H23N3O4/c1-10-8-13(12(3)24-10)11(2)18-14(21)9-20-15(22)17(19-16(20)23)6-4-5-7-17/h8,11H,4-7,9H2,1-3H3,(H,18,21)(H,19,23)/t11-/m0/s1. The van der Waals surface area contributed by atoms with E-state index in [4.69, 9.17) is 4.42 Å². The molecule has 0 radical (unpaired) electrons. The van der Waals surface area contributed by atoms with Crippen LogP contribution in [0.2, 0.25) is 0 Å². The van der Waals surface area contributed by atoms with Crippen molar-refractivity contribution in [1.82, 2.24) is 15.5 Å². The van der Waals surface area contributed by atoms with Crippen molar-refractivity contribution in [2.75, 3.05) is 6.54 Å². The van der Waals surface area contributed by atoms with Gasteiger partial charge in [0.2, 0.25) is 5.91 Å². The first-order valence-corrected chi connectivity index (χ1v) is 8.33. The van der Waals surface area contributed by atoms with E-state index < -0.39 is 11.6 Å². The Morgan fingerprint density at radius 2 is 2.04 bits per heavy atom. The lowest BCUT2D eigenvalue weighted by atomic mass is 9.98. The number of aryl methyl sites for hydroxylation is 2. The Morgan fingerprint density at radius 3 is 2.62 bits per heavy atom. The number of furan rings is 1. The molecular formula is C17H23N3O4. The minimum atomic E-state index is -0.777. The Hall–Kier alpha value is -2.31. The van der Waals surface area contributed by atoms with Crippen LogP contribution in [0.1, 0.15) is 55.7 Å². The minimum Gasteiger partial charge on any atom is -0.466 e. The van der Waals surface area contributed by atoms with Gasteiger partial charge in [0.05, 0.1) is 6.04 Å². The molecule has 0 bridgehead atoms. The van der Waals surface area contributed by atoms with Crippen LogP contribution >= 0.6 is 0 Å². The number of rotatable bonds is 4. The van der Waals surface area contributed by atoms with E-state index in [1.807, 2.05) is 26.8 Å². The molecule has 1 aromatic rings. The van der Waals surface area contributed by atoms with Crippen LogP contribution in [0.15, 0.2) is 10.5 Å². The molecule has 1 spiro atoms.